The third kappa shape index (κ3) is 5.41. The molecule has 0 spiro atoms. The number of anilines is 3. The SMILES string of the molecule is c1ccc(C2(c3ccccc3)c3ccccc3-c3cc(N(c4ccc(-c5ccc(-n6c7ccccc7c7ccccc76)cc5)cc4)c4ccc5oc6ccccc6c5c4)ccc32)cc1. The predicted octanol–water partition coefficient (Wildman–Crippen LogP) is 16.2. The van der Waals surface area contributed by atoms with Crippen LogP contribution >= 0.6 is 0 Å². The van der Waals surface area contributed by atoms with E-state index in [1.54, 1.807) is 0 Å². The second kappa shape index (κ2) is 14.3. The van der Waals surface area contributed by atoms with Crippen LogP contribution in [-0.4, -0.2) is 4.57 Å². The molecular weight excluding hydrogens is 777 g/mol. The highest BCUT2D eigenvalue weighted by Crippen LogP contribution is 2.57. The highest BCUT2D eigenvalue weighted by molar-refractivity contribution is 6.09. The van der Waals surface area contributed by atoms with Crippen molar-refractivity contribution in [1.82, 2.24) is 4.57 Å². The quantitative estimate of drug-likeness (QED) is 0.160. The zero-order valence-electron chi connectivity index (χ0n) is 34.9. The summed E-state index contributed by atoms with van der Waals surface area (Å²) in [6.07, 6.45) is 0. The lowest BCUT2D eigenvalue weighted by Crippen LogP contribution is -2.28. The number of hydrogen-bond donors (Lipinski definition) is 0. The van der Waals surface area contributed by atoms with Crippen molar-refractivity contribution in [2.45, 2.75) is 5.41 Å². The van der Waals surface area contributed by atoms with Gasteiger partial charge in [0.05, 0.1) is 16.4 Å². The highest BCUT2D eigenvalue weighted by atomic mass is 16.3. The Morgan fingerprint density at radius 2 is 0.844 bits per heavy atom. The van der Waals surface area contributed by atoms with Gasteiger partial charge in [-0.05, 0) is 117 Å². The summed E-state index contributed by atoms with van der Waals surface area (Å²) in [5, 5.41) is 4.73. The molecule has 300 valence electrons. The van der Waals surface area contributed by atoms with Crippen molar-refractivity contribution >= 4 is 60.8 Å². The zero-order chi connectivity index (χ0) is 42.2. The minimum absolute atomic E-state index is 0.467. The van der Waals surface area contributed by atoms with Gasteiger partial charge in [-0.25, -0.2) is 0 Å². The molecule has 10 aromatic carbocycles. The Kier molecular flexibility index (Phi) is 8.13. The van der Waals surface area contributed by atoms with Crippen LogP contribution in [0.3, 0.4) is 0 Å². The van der Waals surface area contributed by atoms with Gasteiger partial charge in [0.1, 0.15) is 11.2 Å². The Labute approximate surface area is 371 Å². The molecule has 64 heavy (non-hydrogen) atoms. The van der Waals surface area contributed by atoms with Crippen LogP contribution in [0.25, 0.3) is 71.7 Å². The number of benzene rings is 10. The van der Waals surface area contributed by atoms with Crippen LogP contribution in [0.5, 0.6) is 0 Å². The molecule has 0 unspecified atom stereocenters. The van der Waals surface area contributed by atoms with Crippen LogP contribution in [0.15, 0.2) is 247 Å². The van der Waals surface area contributed by atoms with Crippen LogP contribution in [-0.2, 0) is 5.41 Å². The molecule has 2 aromatic heterocycles. The van der Waals surface area contributed by atoms with Gasteiger partial charge < -0.3 is 13.9 Å². The Bertz CT molecular complexity index is 3620. The van der Waals surface area contributed by atoms with Gasteiger partial charge in [0.2, 0.25) is 0 Å². The number of para-hydroxylation sites is 3. The van der Waals surface area contributed by atoms with Crippen molar-refractivity contribution in [1.29, 1.82) is 0 Å². The molecular formula is C61H40N2O. The monoisotopic (exact) mass is 816 g/mol. The van der Waals surface area contributed by atoms with Crippen molar-refractivity contribution in [3.63, 3.8) is 0 Å². The average molecular weight is 817 g/mol. The summed E-state index contributed by atoms with van der Waals surface area (Å²) in [5.74, 6) is 0. The first kappa shape index (κ1) is 36.3. The van der Waals surface area contributed by atoms with E-state index in [0.29, 0.717) is 0 Å². The molecule has 0 radical (unpaired) electrons. The largest absolute Gasteiger partial charge is 0.456 e. The maximum atomic E-state index is 6.32. The first-order chi connectivity index (χ1) is 31.7. The molecule has 0 atom stereocenters. The average Bonchev–Trinajstić information content (AvgIpc) is 4.01. The van der Waals surface area contributed by atoms with E-state index in [4.69, 9.17) is 4.42 Å². The standard InChI is InChI=1S/C61H40N2O/c1-3-15-43(16-4-1)61(44-17-5-2-6-18-44)55-23-11-7-19-49(55)53-39-47(35-37-56(53)61)62(48-36-38-60-54(40-48)52-22-10-14-26-59(52)64-60)45-31-27-41(28-32-45)42-29-33-46(34-30-42)63-57-24-12-8-20-50(57)51-21-9-13-25-58(51)63/h1-40H. The van der Waals surface area contributed by atoms with Crippen LogP contribution in [0.1, 0.15) is 22.3 Å². The van der Waals surface area contributed by atoms with Crippen molar-refractivity contribution in [3.8, 4) is 27.9 Å². The van der Waals surface area contributed by atoms with Gasteiger partial charge in [-0.3, -0.25) is 0 Å². The van der Waals surface area contributed by atoms with Crippen molar-refractivity contribution in [2.75, 3.05) is 4.90 Å². The lowest BCUT2D eigenvalue weighted by atomic mass is 9.68. The molecule has 0 amide bonds. The summed E-state index contributed by atoms with van der Waals surface area (Å²) in [4.78, 5) is 2.39. The highest BCUT2D eigenvalue weighted by Gasteiger charge is 2.46. The Morgan fingerprint density at radius 1 is 0.344 bits per heavy atom. The topological polar surface area (TPSA) is 21.3 Å². The number of rotatable bonds is 7. The summed E-state index contributed by atoms with van der Waals surface area (Å²) >= 11 is 0. The van der Waals surface area contributed by atoms with Crippen LogP contribution in [0.4, 0.5) is 17.1 Å². The van der Waals surface area contributed by atoms with E-state index >= 15 is 0 Å². The summed E-state index contributed by atoms with van der Waals surface area (Å²) < 4.78 is 8.69. The minimum Gasteiger partial charge on any atom is -0.456 e. The number of fused-ring (bicyclic) bond motifs is 9. The molecule has 2 heterocycles. The fourth-order valence-electron chi connectivity index (χ4n) is 10.7. The first-order valence-corrected chi connectivity index (χ1v) is 22.0. The second-order valence-electron chi connectivity index (χ2n) is 16.8. The smallest absolute Gasteiger partial charge is 0.135 e. The molecule has 12 aromatic rings. The molecule has 1 aliphatic rings. The van der Waals surface area contributed by atoms with Gasteiger partial charge in [0, 0.05) is 44.3 Å². The van der Waals surface area contributed by atoms with Crippen LogP contribution in [0.2, 0.25) is 0 Å². The molecule has 1 aliphatic carbocycles. The zero-order valence-corrected chi connectivity index (χ0v) is 34.9. The van der Waals surface area contributed by atoms with E-state index < -0.39 is 5.41 Å². The third-order valence-electron chi connectivity index (χ3n) is 13.5. The molecule has 0 saturated heterocycles. The van der Waals surface area contributed by atoms with E-state index in [-0.39, 0.29) is 0 Å². The number of aromatic nitrogens is 1. The van der Waals surface area contributed by atoms with E-state index in [0.717, 1.165) is 50.3 Å². The number of furan rings is 1. The summed E-state index contributed by atoms with van der Waals surface area (Å²) in [6, 6.07) is 88.3. The fraction of sp³-hybridized carbons (Fsp3) is 0.0164. The molecule has 3 nitrogen and oxygen atoms in total. The Balaban J connectivity index is 0.949. The summed E-state index contributed by atoms with van der Waals surface area (Å²) in [7, 11) is 0. The molecule has 0 N–H and O–H groups in total. The fourth-order valence-corrected chi connectivity index (χ4v) is 10.7. The Hall–Kier alpha value is -8.40. The predicted molar refractivity (Wildman–Crippen MR) is 265 cm³/mol. The van der Waals surface area contributed by atoms with E-state index in [1.165, 1.54) is 60.8 Å². The van der Waals surface area contributed by atoms with Gasteiger partial charge in [0.15, 0.2) is 0 Å². The molecule has 0 bridgehead atoms. The van der Waals surface area contributed by atoms with Gasteiger partial charge in [-0.1, -0.05) is 170 Å². The molecule has 0 saturated carbocycles. The Morgan fingerprint density at radius 3 is 1.53 bits per heavy atom. The summed E-state index contributed by atoms with van der Waals surface area (Å²) in [5.41, 5.74) is 18.0. The maximum absolute atomic E-state index is 6.32. The maximum Gasteiger partial charge on any atom is 0.135 e. The normalized spacial score (nSPS) is 12.8. The van der Waals surface area contributed by atoms with Gasteiger partial charge >= 0.3 is 0 Å². The lowest BCUT2D eigenvalue weighted by Gasteiger charge is -2.34. The minimum atomic E-state index is -0.467. The van der Waals surface area contributed by atoms with Crippen LogP contribution in [0, 0.1) is 0 Å². The lowest BCUT2D eigenvalue weighted by molar-refractivity contribution is 0.669. The number of nitrogens with zero attached hydrogens (tertiary/aromatic N) is 2. The third-order valence-corrected chi connectivity index (χ3v) is 13.5. The van der Waals surface area contributed by atoms with Gasteiger partial charge in [-0.15, -0.1) is 0 Å². The number of hydrogen-bond acceptors (Lipinski definition) is 2. The first-order valence-electron chi connectivity index (χ1n) is 22.0. The van der Waals surface area contributed by atoms with E-state index in [2.05, 4.69) is 240 Å². The van der Waals surface area contributed by atoms with Crippen LogP contribution < -0.4 is 4.90 Å². The molecule has 3 heteroatoms. The second-order valence-corrected chi connectivity index (χ2v) is 16.8. The molecule has 0 aliphatic heterocycles. The van der Waals surface area contributed by atoms with E-state index in [1.807, 2.05) is 12.1 Å². The van der Waals surface area contributed by atoms with Crippen molar-refractivity contribution in [2.24, 2.45) is 0 Å². The van der Waals surface area contributed by atoms with Crippen molar-refractivity contribution in [3.05, 3.63) is 265 Å². The van der Waals surface area contributed by atoms with Gasteiger partial charge in [0.25, 0.3) is 0 Å². The molecule has 13 rings (SSSR count). The van der Waals surface area contributed by atoms with Crippen molar-refractivity contribution < 1.29 is 4.42 Å². The van der Waals surface area contributed by atoms with Gasteiger partial charge in [-0.2, -0.15) is 0 Å². The summed E-state index contributed by atoms with van der Waals surface area (Å²) in [6.45, 7) is 0. The molecule has 0 fully saturated rings. The van der Waals surface area contributed by atoms with E-state index in [9.17, 15) is 0 Å².